The molecule has 0 unspecified atom stereocenters. The van der Waals surface area contributed by atoms with E-state index in [9.17, 15) is 24.3 Å². The number of fused-ring (bicyclic) bond motifs is 1. The van der Waals surface area contributed by atoms with E-state index in [-0.39, 0.29) is 12.2 Å². The number of carbonyl (C=O) groups excluding carboxylic acids is 4. The van der Waals surface area contributed by atoms with Crippen molar-refractivity contribution in [2.45, 2.75) is 51.3 Å². The van der Waals surface area contributed by atoms with Gasteiger partial charge in [-0.25, -0.2) is 4.79 Å². The van der Waals surface area contributed by atoms with Crippen molar-refractivity contribution in [1.29, 1.82) is 0 Å². The Hall–Kier alpha value is -4.60. The smallest absolute Gasteiger partial charge is 0.408 e. The van der Waals surface area contributed by atoms with Gasteiger partial charge in [-0.15, -0.1) is 0 Å². The molecule has 0 aliphatic rings. The lowest BCUT2D eigenvalue weighted by molar-refractivity contribution is -0.144. The first-order chi connectivity index (χ1) is 18.9. The molecule has 0 fully saturated rings. The van der Waals surface area contributed by atoms with Gasteiger partial charge < -0.3 is 30.0 Å². The van der Waals surface area contributed by atoms with Gasteiger partial charge in [-0.05, 0) is 48.9 Å². The van der Waals surface area contributed by atoms with Gasteiger partial charge in [0.25, 0.3) is 0 Å². The van der Waals surface area contributed by atoms with Crippen molar-refractivity contribution in [3.8, 4) is 16.9 Å². The first-order valence-corrected chi connectivity index (χ1v) is 12.7. The quantitative estimate of drug-likeness (QED) is 0.263. The molecule has 0 spiro atoms. The van der Waals surface area contributed by atoms with Gasteiger partial charge in [0, 0.05) is 5.39 Å². The molecule has 0 aromatic heterocycles. The minimum Gasteiger partial charge on any atom is -0.507 e. The highest BCUT2D eigenvalue weighted by Gasteiger charge is 2.29. The lowest BCUT2D eigenvalue weighted by atomic mass is 9.95. The van der Waals surface area contributed by atoms with Gasteiger partial charge >= 0.3 is 18.0 Å². The second-order valence-electron chi connectivity index (χ2n) is 10.1. The standard InChI is InChI=1S/C30H34N2O8/c1-30(2,3)40-29(37)32-24(17-27(35)39-5)28(36)31-23(16-26(34)38-4)19-12-10-18(11-13-19)20-14-15-25(33)22-9-7-6-8-21(20)22/h6-15,23-24,33H,16-17H2,1-5H3,(H,31,36)(H,32,37)/t23-,24-/m0/s1. The van der Waals surface area contributed by atoms with Crippen LogP contribution in [0, 0.1) is 0 Å². The van der Waals surface area contributed by atoms with Crippen LogP contribution < -0.4 is 10.6 Å². The Morgan fingerprint density at radius 3 is 2.00 bits per heavy atom. The first-order valence-electron chi connectivity index (χ1n) is 12.7. The summed E-state index contributed by atoms with van der Waals surface area (Å²) in [5, 5.41) is 17.0. The summed E-state index contributed by atoms with van der Waals surface area (Å²) >= 11 is 0. The summed E-state index contributed by atoms with van der Waals surface area (Å²) in [7, 11) is 2.41. The van der Waals surface area contributed by atoms with Crippen molar-refractivity contribution >= 4 is 34.7 Å². The van der Waals surface area contributed by atoms with Gasteiger partial charge in [-0.3, -0.25) is 14.4 Å². The van der Waals surface area contributed by atoms with E-state index < -0.39 is 48.0 Å². The molecule has 3 rings (SSSR count). The van der Waals surface area contributed by atoms with E-state index in [1.807, 2.05) is 42.5 Å². The molecule has 0 radical (unpaired) electrons. The third-order valence-electron chi connectivity index (χ3n) is 6.05. The summed E-state index contributed by atoms with van der Waals surface area (Å²) in [6.07, 6.45) is -1.52. The van der Waals surface area contributed by atoms with Crippen LogP contribution in [0.15, 0.2) is 60.7 Å². The van der Waals surface area contributed by atoms with Crippen molar-refractivity contribution in [2.24, 2.45) is 0 Å². The number of nitrogens with one attached hydrogen (secondary N) is 2. The van der Waals surface area contributed by atoms with E-state index >= 15 is 0 Å². The van der Waals surface area contributed by atoms with Crippen LogP contribution in [0.2, 0.25) is 0 Å². The van der Waals surface area contributed by atoms with Crippen LogP contribution in [0.3, 0.4) is 0 Å². The van der Waals surface area contributed by atoms with Crippen molar-refractivity contribution < 1.29 is 38.5 Å². The molecule has 3 aromatic carbocycles. The topological polar surface area (TPSA) is 140 Å². The molecule has 0 saturated carbocycles. The molecule has 0 aliphatic carbocycles. The monoisotopic (exact) mass is 550 g/mol. The average molecular weight is 551 g/mol. The summed E-state index contributed by atoms with van der Waals surface area (Å²) in [4.78, 5) is 49.8. The summed E-state index contributed by atoms with van der Waals surface area (Å²) in [5.41, 5.74) is 1.53. The maximum Gasteiger partial charge on any atom is 0.408 e. The molecule has 0 saturated heterocycles. The molecule has 0 bridgehead atoms. The Balaban J connectivity index is 1.88. The van der Waals surface area contributed by atoms with E-state index in [2.05, 4.69) is 15.4 Å². The highest BCUT2D eigenvalue weighted by molar-refractivity contribution is 6.00. The van der Waals surface area contributed by atoms with Crippen LogP contribution in [0.25, 0.3) is 21.9 Å². The number of phenolic OH excluding ortho intramolecular Hbond substituents is 1. The fourth-order valence-corrected chi connectivity index (χ4v) is 4.11. The zero-order chi connectivity index (χ0) is 29.4. The summed E-state index contributed by atoms with van der Waals surface area (Å²) in [6, 6.07) is 16.0. The molecule has 10 heteroatoms. The number of benzene rings is 3. The van der Waals surface area contributed by atoms with Gasteiger partial charge in [0.2, 0.25) is 5.91 Å². The van der Waals surface area contributed by atoms with Crippen LogP contribution >= 0.6 is 0 Å². The number of amides is 2. The molecule has 2 amide bonds. The highest BCUT2D eigenvalue weighted by Crippen LogP contribution is 2.34. The van der Waals surface area contributed by atoms with E-state index in [4.69, 9.17) is 9.47 Å². The summed E-state index contributed by atoms with van der Waals surface area (Å²) < 4.78 is 14.7. The van der Waals surface area contributed by atoms with Crippen molar-refractivity contribution in [3.05, 3.63) is 66.2 Å². The lowest BCUT2D eigenvalue weighted by Gasteiger charge is -2.25. The Bertz CT molecular complexity index is 1380. The van der Waals surface area contributed by atoms with Gasteiger partial charge in [0.1, 0.15) is 17.4 Å². The molecule has 212 valence electrons. The predicted molar refractivity (Wildman–Crippen MR) is 148 cm³/mol. The second kappa shape index (κ2) is 13.0. The molecular weight excluding hydrogens is 516 g/mol. The molecule has 40 heavy (non-hydrogen) atoms. The first kappa shape index (κ1) is 29.9. The number of rotatable bonds is 9. The molecule has 0 aliphatic heterocycles. The number of esters is 2. The van der Waals surface area contributed by atoms with E-state index in [0.717, 1.165) is 16.5 Å². The van der Waals surface area contributed by atoms with Crippen LogP contribution in [-0.4, -0.2) is 54.9 Å². The van der Waals surface area contributed by atoms with E-state index in [0.29, 0.717) is 10.9 Å². The van der Waals surface area contributed by atoms with Crippen LogP contribution in [0.5, 0.6) is 5.75 Å². The van der Waals surface area contributed by atoms with Crippen LogP contribution in [0.1, 0.15) is 45.2 Å². The Morgan fingerprint density at radius 1 is 0.800 bits per heavy atom. The van der Waals surface area contributed by atoms with Crippen molar-refractivity contribution in [2.75, 3.05) is 14.2 Å². The summed E-state index contributed by atoms with van der Waals surface area (Å²) in [6.45, 7) is 5.00. The third-order valence-corrected chi connectivity index (χ3v) is 6.05. The SMILES string of the molecule is COC(=O)C[C@H](NC(=O)OC(C)(C)C)C(=O)N[C@@H](CC(=O)OC)c1ccc(-c2ccc(O)c3ccccc23)cc1. The van der Waals surface area contributed by atoms with E-state index in [1.54, 1.807) is 39.0 Å². The number of methoxy groups -OCH3 is 2. The lowest BCUT2D eigenvalue weighted by Crippen LogP contribution is -2.50. The van der Waals surface area contributed by atoms with Gasteiger partial charge in [0.05, 0.1) is 33.1 Å². The van der Waals surface area contributed by atoms with Crippen LogP contribution in [0.4, 0.5) is 4.79 Å². The molecular formula is C30H34N2O8. The maximum atomic E-state index is 13.3. The number of phenols is 1. The van der Waals surface area contributed by atoms with Crippen molar-refractivity contribution in [1.82, 2.24) is 10.6 Å². The van der Waals surface area contributed by atoms with Gasteiger partial charge in [0.15, 0.2) is 0 Å². The number of aromatic hydroxyl groups is 1. The van der Waals surface area contributed by atoms with Crippen LogP contribution in [-0.2, 0) is 28.6 Å². The Labute approximate surface area is 232 Å². The number of hydrogen-bond donors (Lipinski definition) is 3. The minimum atomic E-state index is -1.31. The van der Waals surface area contributed by atoms with E-state index in [1.165, 1.54) is 14.2 Å². The Kier molecular flexibility index (Phi) is 9.71. The molecule has 2 atom stereocenters. The maximum absolute atomic E-state index is 13.3. The normalized spacial score (nSPS) is 12.6. The fourth-order valence-electron chi connectivity index (χ4n) is 4.11. The molecule has 3 N–H and O–H groups in total. The largest absolute Gasteiger partial charge is 0.507 e. The number of hydrogen-bond acceptors (Lipinski definition) is 8. The molecule has 10 nitrogen and oxygen atoms in total. The zero-order valence-electron chi connectivity index (χ0n) is 23.1. The van der Waals surface area contributed by atoms with Gasteiger partial charge in [-0.2, -0.15) is 0 Å². The number of ether oxygens (including phenoxy) is 3. The fraction of sp³-hybridized carbons (Fsp3) is 0.333. The zero-order valence-corrected chi connectivity index (χ0v) is 23.1. The number of carbonyl (C=O) groups is 4. The third kappa shape index (κ3) is 7.95. The average Bonchev–Trinajstić information content (AvgIpc) is 2.91. The van der Waals surface area contributed by atoms with Gasteiger partial charge in [-0.1, -0.05) is 54.6 Å². The molecule has 3 aromatic rings. The minimum absolute atomic E-state index is 0.179. The summed E-state index contributed by atoms with van der Waals surface area (Å²) in [5.74, 6) is -1.81. The highest BCUT2D eigenvalue weighted by atomic mass is 16.6. The molecule has 0 heterocycles. The van der Waals surface area contributed by atoms with Crippen molar-refractivity contribution in [3.63, 3.8) is 0 Å². The number of alkyl carbamates (subject to hydrolysis) is 1. The predicted octanol–water partition coefficient (Wildman–Crippen LogP) is 4.39. The Morgan fingerprint density at radius 2 is 1.40 bits per heavy atom. The second-order valence-corrected chi connectivity index (χ2v) is 10.1.